The minimum Gasteiger partial charge on any atom is -0.330 e. The van der Waals surface area contributed by atoms with E-state index in [1.54, 1.807) is 0 Å². The molecule has 0 aromatic heterocycles. The lowest BCUT2D eigenvalue weighted by Gasteiger charge is -2.17. The van der Waals surface area contributed by atoms with E-state index in [1.165, 1.54) is 0 Å². The van der Waals surface area contributed by atoms with Crippen LogP contribution in [-0.4, -0.2) is 5.91 Å². The van der Waals surface area contributed by atoms with Gasteiger partial charge in [0.05, 0.1) is 0 Å². The molecule has 0 rings (SSSR count). The number of nitrogens with one attached hydrogen (secondary N) is 1. The molecule has 0 aromatic carbocycles. The molecule has 0 radical (unpaired) electrons. The van der Waals surface area contributed by atoms with Crippen LogP contribution in [0.15, 0.2) is 11.8 Å². The fraction of sp³-hybridized carbons (Fsp3) is 0.667. The zero-order valence-corrected chi connectivity index (χ0v) is 7.99. The van der Waals surface area contributed by atoms with Crippen LogP contribution in [0.2, 0.25) is 0 Å². The van der Waals surface area contributed by atoms with E-state index in [9.17, 15) is 4.79 Å². The van der Waals surface area contributed by atoms with Crippen LogP contribution in [0.4, 0.5) is 0 Å². The molecule has 0 atom stereocenters. The van der Waals surface area contributed by atoms with E-state index in [0.717, 1.165) is 5.70 Å². The molecule has 0 fully saturated rings. The second kappa shape index (κ2) is 3.56. The first-order chi connectivity index (χ1) is 4.88. The van der Waals surface area contributed by atoms with Gasteiger partial charge in [0, 0.05) is 11.1 Å². The van der Waals surface area contributed by atoms with Crippen LogP contribution in [0.5, 0.6) is 0 Å². The summed E-state index contributed by atoms with van der Waals surface area (Å²) in [7, 11) is 0. The van der Waals surface area contributed by atoms with E-state index >= 15 is 0 Å². The molecule has 0 unspecified atom stereocenters. The largest absolute Gasteiger partial charge is 0.330 e. The minimum absolute atomic E-state index is 0.0631. The van der Waals surface area contributed by atoms with Crippen LogP contribution in [0.3, 0.4) is 0 Å². The predicted octanol–water partition coefficient (Wildman–Crippen LogP) is 2.07. The van der Waals surface area contributed by atoms with Crippen LogP contribution in [-0.2, 0) is 4.79 Å². The number of carbonyl (C=O) groups is 1. The van der Waals surface area contributed by atoms with E-state index in [4.69, 9.17) is 0 Å². The van der Waals surface area contributed by atoms with Gasteiger partial charge in [-0.25, -0.2) is 0 Å². The van der Waals surface area contributed by atoms with Crippen LogP contribution in [0, 0.1) is 5.41 Å². The summed E-state index contributed by atoms with van der Waals surface area (Å²) in [5.41, 5.74) is 0.606. The predicted molar refractivity (Wildman–Crippen MR) is 47.0 cm³/mol. The Balaban J connectivity index is 4.10. The zero-order valence-electron chi connectivity index (χ0n) is 7.99. The number of rotatable bonds is 1. The molecule has 0 saturated carbocycles. The molecule has 0 aliphatic carbocycles. The molecule has 11 heavy (non-hydrogen) atoms. The topological polar surface area (TPSA) is 29.1 Å². The first-order valence-electron chi connectivity index (χ1n) is 3.82. The summed E-state index contributed by atoms with van der Waals surface area (Å²) in [6.45, 7) is 9.46. The fourth-order valence-corrected chi connectivity index (χ4v) is 0.439. The monoisotopic (exact) mass is 155 g/mol. The average molecular weight is 155 g/mol. The lowest BCUT2D eigenvalue weighted by atomic mass is 9.95. The summed E-state index contributed by atoms with van der Waals surface area (Å²) in [5, 5.41) is 2.79. The van der Waals surface area contributed by atoms with Crippen LogP contribution < -0.4 is 5.32 Å². The third kappa shape index (κ3) is 3.81. The molecule has 1 N–H and O–H groups in total. The number of allylic oxidation sites excluding steroid dienone is 2. The quantitative estimate of drug-likeness (QED) is 0.617. The molecule has 0 heterocycles. The van der Waals surface area contributed by atoms with Crippen molar-refractivity contribution in [1.82, 2.24) is 5.32 Å². The van der Waals surface area contributed by atoms with E-state index < -0.39 is 0 Å². The summed E-state index contributed by atoms with van der Waals surface area (Å²) in [6, 6.07) is 0. The van der Waals surface area contributed by atoms with Crippen molar-refractivity contribution in [2.75, 3.05) is 0 Å². The lowest BCUT2D eigenvalue weighted by Crippen LogP contribution is -2.33. The normalized spacial score (nSPS) is 13.0. The highest BCUT2D eigenvalue weighted by molar-refractivity contribution is 5.82. The Kier molecular flexibility index (Phi) is 3.30. The van der Waals surface area contributed by atoms with Gasteiger partial charge in [-0.3, -0.25) is 4.79 Å². The Bertz CT molecular complexity index is 174. The minimum atomic E-state index is -0.301. The highest BCUT2D eigenvalue weighted by atomic mass is 16.2. The third-order valence-electron chi connectivity index (χ3n) is 1.42. The van der Waals surface area contributed by atoms with Crippen molar-refractivity contribution in [3.05, 3.63) is 11.8 Å². The van der Waals surface area contributed by atoms with Crippen molar-refractivity contribution >= 4 is 5.91 Å². The maximum atomic E-state index is 11.3. The molecule has 0 aliphatic rings. The first kappa shape index (κ1) is 10.2. The highest BCUT2D eigenvalue weighted by Crippen LogP contribution is 2.12. The van der Waals surface area contributed by atoms with E-state index in [2.05, 4.69) is 5.32 Å². The summed E-state index contributed by atoms with van der Waals surface area (Å²) in [6.07, 6.45) is 1.88. The SMILES string of the molecule is C/C=C(/C)NC(=O)C(C)(C)C. The molecule has 0 aromatic rings. The van der Waals surface area contributed by atoms with Gasteiger partial charge in [-0.1, -0.05) is 26.8 Å². The van der Waals surface area contributed by atoms with Crippen molar-refractivity contribution in [2.24, 2.45) is 5.41 Å². The summed E-state index contributed by atoms with van der Waals surface area (Å²) < 4.78 is 0. The van der Waals surface area contributed by atoms with E-state index in [-0.39, 0.29) is 11.3 Å². The van der Waals surface area contributed by atoms with Gasteiger partial charge in [-0.05, 0) is 13.8 Å². The molecular weight excluding hydrogens is 138 g/mol. The van der Waals surface area contributed by atoms with Crippen LogP contribution in [0.25, 0.3) is 0 Å². The molecular formula is C9H17NO. The van der Waals surface area contributed by atoms with Crippen LogP contribution in [0.1, 0.15) is 34.6 Å². The van der Waals surface area contributed by atoms with Gasteiger partial charge >= 0.3 is 0 Å². The maximum Gasteiger partial charge on any atom is 0.229 e. The maximum absolute atomic E-state index is 11.3. The molecule has 0 spiro atoms. The molecule has 64 valence electrons. The second-order valence-corrected chi connectivity index (χ2v) is 3.68. The Hall–Kier alpha value is -0.790. The smallest absolute Gasteiger partial charge is 0.229 e. The van der Waals surface area contributed by atoms with Gasteiger partial charge in [0.15, 0.2) is 0 Å². The average Bonchev–Trinajstić information content (AvgIpc) is 1.85. The van der Waals surface area contributed by atoms with Crippen molar-refractivity contribution in [1.29, 1.82) is 0 Å². The molecule has 2 heteroatoms. The van der Waals surface area contributed by atoms with Gasteiger partial charge in [-0.15, -0.1) is 0 Å². The lowest BCUT2D eigenvalue weighted by molar-refractivity contribution is -0.127. The van der Waals surface area contributed by atoms with Crippen LogP contribution >= 0.6 is 0 Å². The number of hydrogen-bond acceptors (Lipinski definition) is 1. The van der Waals surface area contributed by atoms with Crippen molar-refractivity contribution in [3.63, 3.8) is 0 Å². The molecule has 0 aliphatic heterocycles. The zero-order chi connectivity index (χ0) is 9.07. The Morgan fingerprint density at radius 3 is 2.09 bits per heavy atom. The standard InChI is InChI=1S/C9H17NO/c1-6-7(2)10-8(11)9(3,4)5/h6H,1-5H3,(H,10,11)/b7-6-. The third-order valence-corrected chi connectivity index (χ3v) is 1.42. The molecule has 0 saturated heterocycles. The van der Waals surface area contributed by atoms with Crippen molar-refractivity contribution in [2.45, 2.75) is 34.6 Å². The summed E-state index contributed by atoms with van der Waals surface area (Å²) >= 11 is 0. The summed E-state index contributed by atoms with van der Waals surface area (Å²) in [4.78, 5) is 11.3. The highest BCUT2D eigenvalue weighted by Gasteiger charge is 2.20. The van der Waals surface area contributed by atoms with Gasteiger partial charge in [0.2, 0.25) is 5.91 Å². The molecule has 2 nitrogen and oxygen atoms in total. The van der Waals surface area contributed by atoms with E-state index in [1.807, 2.05) is 40.7 Å². The molecule has 1 amide bonds. The molecule has 0 bridgehead atoms. The number of hydrogen-bond donors (Lipinski definition) is 1. The van der Waals surface area contributed by atoms with Crippen molar-refractivity contribution < 1.29 is 4.79 Å². The van der Waals surface area contributed by atoms with Gasteiger partial charge in [0.1, 0.15) is 0 Å². The number of carbonyl (C=O) groups excluding carboxylic acids is 1. The summed E-state index contributed by atoms with van der Waals surface area (Å²) in [5.74, 6) is 0.0631. The first-order valence-corrected chi connectivity index (χ1v) is 3.82. The van der Waals surface area contributed by atoms with Crippen molar-refractivity contribution in [3.8, 4) is 0 Å². The second-order valence-electron chi connectivity index (χ2n) is 3.68. The van der Waals surface area contributed by atoms with E-state index in [0.29, 0.717) is 0 Å². The van der Waals surface area contributed by atoms with Gasteiger partial charge < -0.3 is 5.32 Å². The fourth-order valence-electron chi connectivity index (χ4n) is 0.439. The Labute approximate surface area is 68.7 Å². The van der Waals surface area contributed by atoms with Gasteiger partial charge in [-0.2, -0.15) is 0 Å². The van der Waals surface area contributed by atoms with Gasteiger partial charge in [0.25, 0.3) is 0 Å². The Morgan fingerprint density at radius 1 is 1.36 bits per heavy atom. The number of amides is 1. The Morgan fingerprint density at radius 2 is 1.82 bits per heavy atom.